The van der Waals surface area contributed by atoms with E-state index in [1.54, 1.807) is 29.7 Å². The third kappa shape index (κ3) is 6.35. The second kappa shape index (κ2) is 11.8. The molecule has 1 unspecified atom stereocenters. The number of hydrogen-bond acceptors (Lipinski definition) is 6. The van der Waals surface area contributed by atoms with Gasteiger partial charge in [-0.3, -0.25) is 24.7 Å². The lowest BCUT2D eigenvalue weighted by atomic mass is 10.1. The summed E-state index contributed by atoms with van der Waals surface area (Å²) >= 11 is 0. The third-order valence-corrected chi connectivity index (χ3v) is 6.39. The molecule has 2 aromatic carbocycles. The van der Waals surface area contributed by atoms with Gasteiger partial charge in [-0.05, 0) is 69.3 Å². The molecule has 0 bridgehead atoms. The number of fused-ring (bicyclic) bond motifs is 1. The summed E-state index contributed by atoms with van der Waals surface area (Å²) in [6, 6.07) is 16.3. The Kier molecular flexibility index (Phi) is 8.28. The Labute approximate surface area is 205 Å². The number of ether oxygens (including phenoxy) is 1. The number of amides is 2. The Bertz CT molecular complexity index is 1160. The van der Waals surface area contributed by atoms with E-state index in [0.29, 0.717) is 17.9 Å². The van der Waals surface area contributed by atoms with Crippen LogP contribution in [-0.4, -0.2) is 52.6 Å². The van der Waals surface area contributed by atoms with Crippen LogP contribution in [0, 0.1) is 6.92 Å². The van der Waals surface area contributed by atoms with Crippen molar-refractivity contribution in [1.29, 1.82) is 0 Å². The predicted molar refractivity (Wildman–Crippen MR) is 133 cm³/mol. The third-order valence-electron chi connectivity index (χ3n) is 6.39. The first-order valence-corrected chi connectivity index (χ1v) is 12.1. The molecule has 8 nitrogen and oxygen atoms in total. The lowest BCUT2D eigenvalue weighted by Gasteiger charge is -2.28. The molecule has 0 aliphatic carbocycles. The molecule has 4 rings (SSSR count). The van der Waals surface area contributed by atoms with E-state index in [2.05, 4.69) is 10.3 Å². The van der Waals surface area contributed by atoms with Gasteiger partial charge < -0.3 is 10.1 Å². The molecule has 1 aliphatic heterocycles. The average Bonchev–Trinajstić information content (AvgIpc) is 3.17. The number of likely N-dealkylation sites (tertiary alicyclic amines) is 1. The maximum atomic E-state index is 12.7. The summed E-state index contributed by atoms with van der Waals surface area (Å²) in [7, 11) is 0. The summed E-state index contributed by atoms with van der Waals surface area (Å²) in [5.74, 6) is -0.130. The summed E-state index contributed by atoms with van der Waals surface area (Å²) in [5, 5.41) is 13.1. The van der Waals surface area contributed by atoms with Crippen molar-refractivity contribution in [2.75, 3.05) is 19.6 Å². The molecule has 0 saturated carbocycles. The number of pyridine rings is 1. The van der Waals surface area contributed by atoms with Crippen molar-refractivity contribution in [1.82, 2.24) is 20.7 Å². The van der Waals surface area contributed by atoms with Crippen molar-refractivity contribution in [3.63, 3.8) is 0 Å². The van der Waals surface area contributed by atoms with Crippen LogP contribution in [0.5, 0.6) is 5.75 Å². The normalized spacial score (nSPS) is 15.3. The molecular formula is C27H32N4O4. The van der Waals surface area contributed by atoms with E-state index < -0.39 is 11.9 Å². The summed E-state index contributed by atoms with van der Waals surface area (Å²) in [4.78, 5) is 31.5. The minimum absolute atomic E-state index is 0.123. The lowest BCUT2D eigenvalue weighted by molar-refractivity contribution is -0.134. The Balaban J connectivity index is 1.36. The number of hydroxylamine groups is 1. The number of benzene rings is 2. The van der Waals surface area contributed by atoms with Gasteiger partial charge in [0.2, 0.25) is 0 Å². The smallest absolute Gasteiger partial charge is 0.262 e. The van der Waals surface area contributed by atoms with Gasteiger partial charge in [0, 0.05) is 28.8 Å². The molecule has 1 fully saturated rings. The summed E-state index contributed by atoms with van der Waals surface area (Å²) < 4.78 is 5.98. The van der Waals surface area contributed by atoms with Crippen LogP contribution in [-0.2, 0) is 11.4 Å². The molecule has 184 valence electrons. The second-order valence-corrected chi connectivity index (χ2v) is 8.91. The van der Waals surface area contributed by atoms with Crippen molar-refractivity contribution < 1.29 is 19.5 Å². The minimum Gasteiger partial charge on any atom is -0.489 e. The number of nitrogens with zero attached hydrogens (tertiary/aromatic N) is 2. The number of carbonyl (C=O) groups excluding carboxylic acids is 2. The van der Waals surface area contributed by atoms with Gasteiger partial charge in [0.25, 0.3) is 11.8 Å². The zero-order chi connectivity index (χ0) is 24.6. The molecule has 2 heterocycles. The van der Waals surface area contributed by atoms with Gasteiger partial charge in [-0.15, -0.1) is 0 Å². The summed E-state index contributed by atoms with van der Waals surface area (Å²) in [5.41, 5.74) is 5.14. The van der Waals surface area contributed by atoms with E-state index >= 15 is 0 Å². The fourth-order valence-corrected chi connectivity index (χ4v) is 4.54. The van der Waals surface area contributed by atoms with Crippen LogP contribution >= 0.6 is 0 Å². The van der Waals surface area contributed by atoms with E-state index in [-0.39, 0.29) is 12.5 Å². The van der Waals surface area contributed by atoms with Crippen LogP contribution in [0.2, 0.25) is 0 Å². The standard InChI is InChI=1S/C27H32N4O4/c1-19-16-21(23-8-4-5-9-24(23)29-19)18-35-22-12-10-20(11-13-22)26(32)28-17-25(27(33)30-34)31-14-6-2-3-7-15-31/h4-5,8-13,16,25,34H,2-3,6-7,14-15,17-18H2,1H3,(H,28,32)(H,30,33). The molecule has 0 radical (unpaired) electrons. The van der Waals surface area contributed by atoms with Crippen molar-refractivity contribution in [2.24, 2.45) is 0 Å². The Morgan fingerprint density at radius 3 is 2.49 bits per heavy atom. The molecule has 3 aromatic rings. The number of aromatic nitrogens is 1. The second-order valence-electron chi connectivity index (χ2n) is 8.91. The number of rotatable bonds is 8. The largest absolute Gasteiger partial charge is 0.489 e. The predicted octanol–water partition coefficient (Wildman–Crippen LogP) is 3.60. The van der Waals surface area contributed by atoms with Crippen molar-refractivity contribution >= 4 is 22.7 Å². The first kappa shape index (κ1) is 24.6. The maximum Gasteiger partial charge on any atom is 0.262 e. The van der Waals surface area contributed by atoms with E-state index in [1.165, 1.54) is 0 Å². The van der Waals surface area contributed by atoms with E-state index in [0.717, 1.165) is 60.9 Å². The van der Waals surface area contributed by atoms with Gasteiger partial charge in [0.05, 0.1) is 5.52 Å². The highest BCUT2D eigenvalue weighted by Crippen LogP contribution is 2.21. The molecule has 1 saturated heterocycles. The van der Waals surface area contributed by atoms with Crippen LogP contribution in [0.4, 0.5) is 0 Å². The average molecular weight is 477 g/mol. The van der Waals surface area contributed by atoms with Gasteiger partial charge in [0.15, 0.2) is 0 Å². The first-order valence-electron chi connectivity index (χ1n) is 12.1. The van der Waals surface area contributed by atoms with E-state index in [1.807, 2.05) is 42.2 Å². The van der Waals surface area contributed by atoms with E-state index in [9.17, 15) is 9.59 Å². The number of hydrogen-bond donors (Lipinski definition) is 3. The highest BCUT2D eigenvalue weighted by atomic mass is 16.5. The molecule has 3 N–H and O–H groups in total. The molecule has 1 atom stereocenters. The van der Waals surface area contributed by atoms with Crippen LogP contribution in [0.1, 0.15) is 47.3 Å². The van der Waals surface area contributed by atoms with Gasteiger partial charge in [0.1, 0.15) is 18.4 Å². The van der Waals surface area contributed by atoms with Crippen LogP contribution in [0.15, 0.2) is 54.6 Å². The van der Waals surface area contributed by atoms with Gasteiger partial charge >= 0.3 is 0 Å². The van der Waals surface area contributed by atoms with E-state index in [4.69, 9.17) is 9.94 Å². The SMILES string of the molecule is Cc1cc(COc2ccc(C(=O)NCC(C(=O)NO)N3CCCCCC3)cc2)c2ccccc2n1. The molecule has 0 spiro atoms. The number of nitrogens with one attached hydrogen (secondary N) is 2. The minimum atomic E-state index is -0.608. The molecule has 8 heteroatoms. The monoisotopic (exact) mass is 476 g/mol. The van der Waals surface area contributed by atoms with Crippen molar-refractivity contribution in [2.45, 2.75) is 45.3 Å². The number of para-hydroxylation sites is 1. The summed E-state index contributed by atoms with van der Waals surface area (Å²) in [6.07, 6.45) is 4.25. The Hall–Kier alpha value is -3.49. The lowest BCUT2D eigenvalue weighted by Crippen LogP contribution is -2.52. The molecule has 2 amide bonds. The zero-order valence-corrected chi connectivity index (χ0v) is 20.0. The Morgan fingerprint density at radius 1 is 1.06 bits per heavy atom. The summed E-state index contributed by atoms with van der Waals surface area (Å²) in [6.45, 7) is 4.02. The van der Waals surface area contributed by atoms with Crippen LogP contribution in [0.3, 0.4) is 0 Å². The molecule has 35 heavy (non-hydrogen) atoms. The van der Waals surface area contributed by atoms with Gasteiger partial charge in [-0.25, -0.2) is 5.48 Å². The topological polar surface area (TPSA) is 104 Å². The fourth-order valence-electron chi connectivity index (χ4n) is 4.54. The Morgan fingerprint density at radius 2 is 1.77 bits per heavy atom. The van der Waals surface area contributed by atoms with Gasteiger partial charge in [-0.2, -0.15) is 0 Å². The number of aryl methyl sites for hydroxylation is 1. The highest BCUT2D eigenvalue weighted by Gasteiger charge is 2.27. The molecule has 1 aromatic heterocycles. The molecular weight excluding hydrogens is 444 g/mol. The maximum absolute atomic E-state index is 12.7. The zero-order valence-electron chi connectivity index (χ0n) is 20.0. The fraction of sp³-hybridized carbons (Fsp3) is 0.370. The first-order chi connectivity index (χ1) is 17.0. The van der Waals surface area contributed by atoms with Crippen molar-refractivity contribution in [3.8, 4) is 5.75 Å². The highest BCUT2D eigenvalue weighted by molar-refractivity contribution is 5.94. The quantitative estimate of drug-likeness (QED) is 0.339. The van der Waals surface area contributed by atoms with Crippen LogP contribution in [0.25, 0.3) is 10.9 Å². The van der Waals surface area contributed by atoms with Crippen molar-refractivity contribution in [3.05, 3.63) is 71.4 Å². The molecule has 1 aliphatic rings. The van der Waals surface area contributed by atoms with Crippen LogP contribution < -0.4 is 15.5 Å². The van der Waals surface area contributed by atoms with Gasteiger partial charge in [-0.1, -0.05) is 31.0 Å². The number of carbonyl (C=O) groups is 2.